The molecule has 0 saturated carbocycles. The minimum atomic E-state index is -0.651. The summed E-state index contributed by atoms with van der Waals surface area (Å²) < 4.78 is 5.33. The maximum Gasteiger partial charge on any atom is 0.294 e. The summed E-state index contributed by atoms with van der Waals surface area (Å²) in [5, 5.41) is 12.3. The number of rotatable bonds is 6. The van der Waals surface area contributed by atoms with Crippen LogP contribution in [0.1, 0.15) is 12.5 Å². The number of carbonyl (C=O) groups excluding carboxylic acids is 3. The van der Waals surface area contributed by atoms with Crippen LogP contribution in [-0.2, 0) is 9.59 Å². The number of hydrogen-bond donors (Lipinski definition) is 2. The van der Waals surface area contributed by atoms with Crippen LogP contribution in [0.3, 0.4) is 0 Å². The topological polar surface area (TPSA) is 95.9 Å². The zero-order valence-corrected chi connectivity index (χ0v) is 18.0. The number of benzene rings is 2. The number of anilines is 1. The molecule has 0 bridgehead atoms. The van der Waals surface area contributed by atoms with Crippen molar-refractivity contribution in [1.29, 1.82) is 0 Å². The van der Waals surface area contributed by atoms with E-state index in [1.807, 2.05) is 6.92 Å². The van der Waals surface area contributed by atoms with Gasteiger partial charge < -0.3 is 15.2 Å². The molecule has 0 aromatic heterocycles. The summed E-state index contributed by atoms with van der Waals surface area (Å²) in [5.74, 6) is -0.782. The lowest BCUT2D eigenvalue weighted by Gasteiger charge is -2.12. The van der Waals surface area contributed by atoms with E-state index in [1.165, 1.54) is 18.2 Å². The summed E-state index contributed by atoms with van der Waals surface area (Å²) in [6.07, 6.45) is 1.31. The van der Waals surface area contributed by atoms with Crippen molar-refractivity contribution in [2.45, 2.75) is 6.92 Å². The van der Waals surface area contributed by atoms with Crippen molar-refractivity contribution in [3.05, 3.63) is 56.9 Å². The number of ether oxygens (including phenoxy) is 1. The SMILES string of the molecule is CCOc1ccc(NC(=O)CN2C(=O)S/C(=C/c3cc(Cl)cc(Cl)c3O)C2=O)cc1. The highest BCUT2D eigenvalue weighted by molar-refractivity contribution is 8.18. The van der Waals surface area contributed by atoms with E-state index >= 15 is 0 Å². The highest BCUT2D eigenvalue weighted by Gasteiger charge is 2.36. The Labute approximate surface area is 186 Å². The summed E-state index contributed by atoms with van der Waals surface area (Å²) in [6, 6.07) is 9.47. The van der Waals surface area contributed by atoms with Gasteiger partial charge in [-0.25, -0.2) is 0 Å². The van der Waals surface area contributed by atoms with Gasteiger partial charge in [0.1, 0.15) is 18.0 Å². The molecular formula is C20H16Cl2N2O5S. The second kappa shape index (κ2) is 9.42. The van der Waals surface area contributed by atoms with Gasteiger partial charge in [-0.05, 0) is 61.2 Å². The number of amides is 3. The van der Waals surface area contributed by atoms with Crippen LogP contribution >= 0.6 is 35.0 Å². The highest BCUT2D eigenvalue weighted by Crippen LogP contribution is 2.37. The minimum Gasteiger partial charge on any atom is -0.506 e. The summed E-state index contributed by atoms with van der Waals surface area (Å²) in [6.45, 7) is 1.94. The number of carbonyl (C=O) groups is 3. The molecule has 0 unspecified atom stereocenters. The van der Waals surface area contributed by atoms with Gasteiger partial charge in [-0.3, -0.25) is 19.3 Å². The van der Waals surface area contributed by atoms with Crippen molar-refractivity contribution < 1.29 is 24.2 Å². The fourth-order valence-corrected chi connectivity index (χ4v) is 3.96. The molecule has 1 fully saturated rings. The lowest BCUT2D eigenvalue weighted by atomic mass is 10.2. The van der Waals surface area contributed by atoms with E-state index in [1.54, 1.807) is 24.3 Å². The Morgan fingerprint density at radius 2 is 1.93 bits per heavy atom. The third kappa shape index (κ3) is 5.08. The first-order chi connectivity index (χ1) is 14.3. The number of aromatic hydroxyl groups is 1. The molecule has 1 saturated heterocycles. The zero-order chi connectivity index (χ0) is 21.8. The molecule has 2 N–H and O–H groups in total. The Morgan fingerprint density at radius 1 is 1.23 bits per heavy atom. The van der Waals surface area contributed by atoms with Gasteiger partial charge in [0.15, 0.2) is 0 Å². The van der Waals surface area contributed by atoms with E-state index in [0.29, 0.717) is 29.8 Å². The maximum atomic E-state index is 12.6. The largest absolute Gasteiger partial charge is 0.506 e. The minimum absolute atomic E-state index is 0.0164. The molecule has 1 aliphatic rings. The molecule has 0 atom stereocenters. The first-order valence-corrected chi connectivity index (χ1v) is 10.3. The predicted octanol–water partition coefficient (Wildman–Crippen LogP) is 4.77. The van der Waals surface area contributed by atoms with Crippen LogP contribution in [0.15, 0.2) is 41.3 Å². The number of hydrogen-bond acceptors (Lipinski definition) is 6. The monoisotopic (exact) mass is 466 g/mol. The summed E-state index contributed by atoms with van der Waals surface area (Å²) in [7, 11) is 0. The Kier molecular flexibility index (Phi) is 6.91. The Bertz CT molecular complexity index is 1040. The summed E-state index contributed by atoms with van der Waals surface area (Å²) in [4.78, 5) is 38.0. The van der Waals surface area contributed by atoms with E-state index in [2.05, 4.69) is 5.32 Å². The third-order valence-corrected chi connectivity index (χ3v) is 5.38. The smallest absolute Gasteiger partial charge is 0.294 e. The number of nitrogens with one attached hydrogen (secondary N) is 1. The van der Waals surface area contributed by atoms with Crippen molar-refractivity contribution in [3.63, 3.8) is 0 Å². The van der Waals surface area contributed by atoms with Gasteiger partial charge in [0.2, 0.25) is 5.91 Å². The average Bonchev–Trinajstić information content (AvgIpc) is 2.95. The molecule has 3 rings (SSSR count). The van der Waals surface area contributed by atoms with Crippen molar-refractivity contribution in [1.82, 2.24) is 4.90 Å². The van der Waals surface area contributed by atoms with E-state index < -0.39 is 23.6 Å². The van der Waals surface area contributed by atoms with Gasteiger partial charge in [-0.1, -0.05) is 23.2 Å². The molecular weight excluding hydrogens is 451 g/mol. The number of halogens is 2. The van der Waals surface area contributed by atoms with Crippen LogP contribution in [0.25, 0.3) is 6.08 Å². The Balaban J connectivity index is 1.70. The average molecular weight is 467 g/mol. The first kappa shape index (κ1) is 22.0. The van der Waals surface area contributed by atoms with Gasteiger partial charge in [0, 0.05) is 16.3 Å². The van der Waals surface area contributed by atoms with E-state index in [0.717, 1.165) is 4.90 Å². The molecule has 2 aromatic carbocycles. The van der Waals surface area contributed by atoms with Crippen LogP contribution in [0.5, 0.6) is 11.5 Å². The molecule has 0 spiro atoms. The molecule has 30 heavy (non-hydrogen) atoms. The van der Waals surface area contributed by atoms with E-state index in [4.69, 9.17) is 27.9 Å². The van der Waals surface area contributed by atoms with Crippen molar-refractivity contribution in [2.24, 2.45) is 0 Å². The van der Waals surface area contributed by atoms with Gasteiger partial charge in [-0.15, -0.1) is 0 Å². The van der Waals surface area contributed by atoms with Crippen LogP contribution in [-0.4, -0.2) is 40.2 Å². The van der Waals surface area contributed by atoms with Gasteiger partial charge in [0.05, 0.1) is 16.5 Å². The van der Waals surface area contributed by atoms with Crippen LogP contribution in [0.4, 0.5) is 10.5 Å². The molecule has 1 aliphatic heterocycles. The zero-order valence-electron chi connectivity index (χ0n) is 15.6. The standard InChI is InChI=1S/C20H16Cl2N2O5S/c1-2-29-14-5-3-13(4-6-14)23-17(25)10-24-19(27)16(30-20(24)28)8-11-7-12(21)9-15(22)18(11)26/h3-9,26H,2,10H2,1H3,(H,23,25)/b16-8+. The first-order valence-electron chi connectivity index (χ1n) is 8.74. The van der Waals surface area contributed by atoms with Crippen LogP contribution in [0, 0.1) is 0 Å². The lowest BCUT2D eigenvalue weighted by molar-refractivity contribution is -0.127. The van der Waals surface area contributed by atoms with Crippen LogP contribution < -0.4 is 10.1 Å². The second-order valence-corrected chi connectivity index (χ2v) is 7.94. The second-order valence-electron chi connectivity index (χ2n) is 6.10. The molecule has 1 heterocycles. The molecule has 0 aliphatic carbocycles. The number of thioether (sulfide) groups is 1. The normalized spacial score (nSPS) is 15.0. The quantitative estimate of drug-likeness (QED) is 0.595. The van der Waals surface area contributed by atoms with Gasteiger partial charge in [-0.2, -0.15) is 0 Å². The summed E-state index contributed by atoms with van der Waals surface area (Å²) in [5.41, 5.74) is 0.696. The Hall–Kier alpha value is -2.68. The predicted molar refractivity (Wildman–Crippen MR) is 117 cm³/mol. The van der Waals surface area contributed by atoms with Crippen molar-refractivity contribution in [2.75, 3.05) is 18.5 Å². The number of nitrogens with zero attached hydrogens (tertiary/aromatic N) is 1. The van der Waals surface area contributed by atoms with Crippen molar-refractivity contribution >= 4 is 63.8 Å². The molecule has 2 aromatic rings. The van der Waals surface area contributed by atoms with E-state index in [-0.39, 0.29) is 26.3 Å². The maximum absolute atomic E-state index is 12.6. The molecule has 3 amide bonds. The third-order valence-electron chi connectivity index (χ3n) is 3.97. The molecule has 10 heteroatoms. The molecule has 156 valence electrons. The number of imide groups is 1. The van der Waals surface area contributed by atoms with Crippen LogP contribution in [0.2, 0.25) is 10.0 Å². The van der Waals surface area contributed by atoms with E-state index in [9.17, 15) is 19.5 Å². The fraction of sp³-hybridized carbons (Fsp3) is 0.150. The van der Waals surface area contributed by atoms with Crippen molar-refractivity contribution in [3.8, 4) is 11.5 Å². The highest BCUT2D eigenvalue weighted by atomic mass is 35.5. The molecule has 0 radical (unpaired) electrons. The summed E-state index contributed by atoms with van der Waals surface area (Å²) >= 11 is 12.5. The fourth-order valence-electron chi connectivity index (χ4n) is 2.62. The number of phenolic OH excluding ortho intramolecular Hbond substituents is 1. The van der Waals surface area contributed by atoms with Gasteiger partial charge >= 0.3 is 0 Å². The number of phenols is 1. The lowest BCUT2D eigenvalue weighted by Crippen LogP contribution is -2.36. The van der Waals surface area contributed by atoms with Gasteiger partial charge in [0.25, 0.3) is 11.1 Å². The molecule has 7 nitrogen and oxygen atoms in total. The Morgan fingerprint density at radius 3 is 2.60 bits per heavy atom.